The Labute approximate surface area is 113 Å². The summed E-state index contributed by atoms with van der Waals surface area (Å²) in [7, 11) is 0. The average molecular weight is 286 g/mol. The van der Waals surface area contributed by atoms with Crippen LogP contribution in [-0.4, -0.2) is 11.5 Å². The summed E-state index contributed by atoms with van der Waals surface area (Å²) in [6.45, 7) is 4.73. The molecule has 0 aliphatic carbocycles. The standard InChI is InChI=1S/C13H13F3N2S/c1-3-17-7(2)11-6-19-13(18-11)8-4-9(14)12(16)10(15)5-8/h4-7,17H,3H2,1-2H3. The van der Waals surface area contributed by atoms with Gasteiger partial charge in [0.2, 0.25) is 0 Å². The summed E-state index contributed by atoms with van der Waals surface area (Å²) in [4.78, 5) is 4.31. The largest absolute Gasteiger partial charge is 0.309 e. The molecule has 0 saturated carbocycles. The fourth-order valence-corrected chi connectivity index (χ4v) is 2.61. The van der Waals surface area contributed by atoms with E-state index in [4.69, 9.17) is 0 Å². The molecule has 0 saturated heterocycles. The van der Waals surface area contributed by atoms with E-state index >= 15 is 0 Å². The minimum atomic E-state index is -1.46. The second-order valence-corrected chi connectivity index (χ2v) is 4.97. The summed E-state index contributed by atoms with van der Waals surface area (Å²) in [6.07, 6.45) is 0. The van der Waals surface area contributed by atoms with Crippen molar-refractivity contribution in [2.75, 3.05) is 6.54 Å². The van der Waals surface area contributed by atoms with Crippen LogP contribution in [0, 0.1) is 17.5 Å². The Morgan fingerprint density at radius 3 is 2.47 bits per heavy atom. The molecule has 1 atom stereocenters. The number of hydrogen-bond acceptors (Lipinski definition) is 3. The predicted molar refractivity (Wildman–Crippen MR) is 69.5 cm³/mol. The molecule has 0 radical (unpaired) electrons. The molecule has 2 aromatic rings. The maximum Gasteiger partial charge on any atom is 0.194 e. The zero-order valence-electron chi connectivity index (χ0n) is 10.5. The lowest BCUT2D eigenvalue weighted by Crippen LogP contribution is -2.17. The summed E-state index contributed by atoms with van der Waals surface area (Å²) in [5, 5.41) is 5.49. The Kier molecular flexibility index (Phi) is 4.21. The molecule has 0 aliphatic rings. The van der Waals surface area contributed by atoms with Crippen LogP contribution in [0.15, 0.2) is 17.5 Å². The topological polar surface area (TPSA) is 24.9 Å². The Bertz CT molecular complexity index is 560. The van der Waals surface area contributed by atoms with Crippen LogP contribution >= 0.6 is 11.3 Å². The molecule has 0 fully saturated rings. The third-order valence-corrected chi connectivity index (χ3v) is 3.62. The van der Waals surface area contributed by atoms with Crippen LogP contribution in [0.5, 0.6) is 0 Å². The van der Waals surface area contributed by atoms with E-state index in [1.165, 1.54) is 11.3 Å². The number of benzene rings is 1. The van der Waals surface area contributed by atoms with Crippen molar-refractivity contribution in [3.63, 3.8) is 0 Å². The molecule has 1 N–H and O–H groups in total. The third kappa shape index (κ3) is 2.96. The smallest absolute Gasteiger partial charge is 0.194 e. The van der Waals surface area contributed by atoms with Crippen LogP contribution in [0.3, 0.4) is 0 Å². The van der Waals surface area contributed by atoms with Gasteiger partial charge in [-0.25, -0.2) is 18.2 Å². The maximum atomic E-state index is 13.2. The van der Waals surface area contributed by atoms with Gasteiger partial charge in [0, 0.05) is 17.0 Å². The zero-order valence-corrected chi connectivity index (χ0v) is 11.3. The van der Waals surface area contributed by atoms with Crippen molar-refractivity contribution in [3.05, 3.63) is 40.7 Å². The first-order valence-electron chi connectivity index (χ1n) is 5.86. The molecule has 1 aromatic heterocycles. The van der Waals surface area contributed by atoms with Crippen molar-refractivity contribution >= 4 is 11.3 Å². The first-order valence-corrected chi connectivity index (χ1v) is 6.74. The van der Waals surface area contributed by atoms with Crippen LogP contribution in [0.2, 0.25) is 0 Å². The van der Waals surface area contributed by atoms with E-state index in [0.717, 1.165) is 24.4 Å². The van der Waals surface area contributed by atoms with Gasteiger partial charge in [0.25, 0.3) is 0 Å². The van der Waals surface area contributed by atoms with E-state index in [9.17, 15) is 13.2 Å². The van der Waals surface area contributed by atoms with Crippen molar-refractivity contribution in [1.29, 1.82) is 0 Å². The highest BCUT2D eigenvalue weighted by atomic mass is 32.1. The second-order valence-electron chi connectivity index (χ2n) is 4.11. The molecule has 0 bridgehead atoms. The highest BCUT2D eigenvalue weighted by Crippen LogP contribution is 2.28. The Hall–Kier alpha value is -1.40. The predicted octanol–water partition coefficient (Wildman–Crippen LogP) is 3.90. The molecule has 0 spiro atoms. The summed E-state index contributed by atoms with van der Waals surface area (Å²) < 4.78 is 39.2. The Morgan fingerprint density at radius 2 is 1.89 bits per heavy atom. The number of rotatable bonds is 4. The number of hydrogen-bond donors (Lipinski definition) is 1. The molecule has 1 heterocycles. The Balaban J connectivity index is 2.33. The fourth-order valence-electron chi connectivity index (χ4n) is 1.71. The minimum Gasteiger partial charge on any atom is -0.309 e. The lowest BCUT2D eigenvalue weighted by molar-refractivity contribution is 0.447. The monoisotopic (exact) mass is 286 g/mol. The van der Waals surface area contributed by atoms with Gasteiger partial charge in [-0.1, -0.05) is 6.92 Å². The third-order valence-electron chi connectivity index (χ3n) is 2.71. The summed E-state index contributed by atoms with van der Waals surface area (Å²) >= 11 is 1.27. The highest BCUT2D eigenvalue weighted by Gasteiger charge is 2.15. The van der Waals surface area contributed by atoms with E-state index in [1.807, 2.05) is 19.2 Å². The highest BCUT2D eigenvalue weighted by molar-refractivity contribution is 7.13. The molecule has 1 unspecified atom stereocenters. The molecule has 6 heteroatoms. The van der Waals surface area contributed by atoms with Crippen LogP contribution < -0.4 is 5.32 Å². The van der Waals surface area contributed by atoms with E-state index in [0.29, 0.717) is 5.01 Å². The lowest BCUT2D eigenvalue weighted by atomic mass is 10.2. The van der Waals surface area contributed by atoms with Crippen molar-refractivity contribution in [2.45, 2.75) is 19.9 Å². The fraction of sp³-hybridized carbons (Fsp3) is 0.308. The van der Waals surface area contributed by atoms with Crippen LogP contribution in [0.4, 0.5) is 13.2 Å². The van der Waals surface area contributed by atoms with Crippen molar-refractivity contribution in [1.82, 2.24) is 10.3 Å². The number of thiazole rings is 1. The van der Waals surface area contributed by atoms with Crippen molar-refractivity contribution in [2.24, 2.45) is 0 Å². The molecular formula is C13H13F3N2S. The molecule has 102 valence electrons. The zero-order chi connectivity index (χ0) is 14.0. The molecule has 0 amide bonds. The number of nitrogens with zero attached hydrogens (tertiary/aromatic N) is 1. The number of halogens is 3. The van der Waals surface area contributed by atoms with Crippen LogP contribution in [0.1, 0.15) is 25.6 Å². The van der Waals surface area contributed by atoms with Gasteiger partial charge in [-0.3, -0.25) is 0 Å². The quantitative estimate of drug-likeness (QED) is 0.862. The maximum absolute atomic E-state index is 13.2. The normalized spacial score (nSPS) is 12.7. The SMILES string of the molecule is CCNC(C)c1csc(-c2cc(F)c(F)c(F)c2)n1. The lowest BCUT2D eigenvalue weighted by Gasteiger charge is -2.08. The van der Waals surface area contributed by atoms with Gasteiger partial charge in [-0.2, -0.15) is 0 Å². The second kappa shape index (κ2) is 5.71. The molecule has 2 rings (SSSR count). The van der Waals surface area contributed by atoms with Gasteiger partial charge in [0.05, 0.1) is 5.69 Å². The van der Waals surface area contributed by atoms with Crippen LogP contribution in [0.25, 0.3) is 10.6 Å². The van der Waals surface area contributed by atoms with Gasteiger partial charge in [-0.15, -0.1) is 11.3 Å². The number of aromatic nitrogens is 1. The van der Waals surface area contributed by atoms with Crippen molar-refractivity contribution in [3.8, 4) is 10.6 Å². The van der Waals surface area contributed by atoms with Gasteiger partial charge < -0.3 is 5.32 Å². The first-order chi connectivity index (χ1) is 9.02. The number of nitrogens with one attached hydrogen (secondary N) is 1. The van der Waals surface area contributed by atoms with E-state index in [-0.39, 0.29) is 11.6 Å². The summed E-state index contributed by atoms with van der Waals surface area (Å²) in [5.74, 6) is -3.86. The first kappa shape index (κ1) is 14.0. The van der Waals surface area contributed by atoms with Crippen LogP contribution in [-0.2, 0) is 0 Å². The molecule has 2 nitrogen and oxygen atoms in total. The minimum absolute atomic E-state index is 0.0603. The van der Waals surface area contributed by atoms with E-state index in [2.05, 4.69) is 10.3 Å². The summed E-state index contributed by atoms with van der Waals surface area (Å²) in [6, 6.07) is 1.97. The molecule has 1 aromatic carbocycles. The van der Waals surface area contributed by atoms with Gasteiger partial charge >= 0.3 is 0 Å². The molecular weight excluding hydrogens is 273 g/mol. The Morgan fingerprint density at radius 1 is 1.26 bits per heavy atom. The average Bonchev–Trinajstić information content (AvgIpc) is 2.85. The van der Waals surface area contributed by atoms with E-state index in [1.54, 1.807) is 0 Å². The van der Waals surface area contributed by atoms with Gasteiger partial charge in [-0.05, 0) is 25.6 Å². The molecule has 19 heavy (non-hydrogen) atoms. The van der Waals surface area contributed by atoms with E-state index < -0.39 is 17.5 Å². The van der Waals surface area contributed by atoms with Crippen molar-refractivity contribution < 1.29 is 13.2 Å². The van der Waals surface area contributed by atoms with Gasteiger partial charge in [0.1, 0.15) is 5.01 Å². The molecule has 0 aliphatic heterocycles. The van der Waals surface area contributed by atoms with Gasteiger partial charge in [0.15, 0.2) is 17.5 Å². The summed E-state index contributed by atoms with van der Waals surface area (Å²) in [5.41, 5.74) is 1.04.